The van der Waals surface area contributed by atoms with Gasteiger partial charge in [0.25, 0.3) is 0 Å². The van der Waals surface area contributed by atoms with Crippen LogP contribution in [0.5, 0.6) is 0 Å². The monoisotopic (exact) mass is 457 g/mol. The molecule has 1 N–H and O–H groups in total. The Hall–Kier alpha value is -2.67. The van der Waals surface area contributed by atoms with E-state index in [4.69, 9.17) is 4.74 Å². The number of ketones is 1. The van der Waals surface area contributed by atoms with Crippen LogP contribution in [0.15, 0.2) is 78.9 Å². The van der Waals surface area contributed by atoms with E-state index >= 15 is 0 Å². The Morgan fingerprint density at radius 3 is 2.00 bits per heavy atom. The van der Waals surface area contributed by atoms with Gasteiger partial charge in [0.15, 0.2) is 5.78 Å². The van der Waals surface area contributed by atoms with Crippen molar-refractivity contribution in [2.75, 3.05) is 5.32 Å². The minimum atomic E-state index is -0.537. The fourth-order valence-electron chi connectivity index (χ4n) is 2.35. The first-order valence-electron chi connectivity index (χ1n) is 8.00. The second-order valence-electron chi connectivity index (χ2n) is 5.60. The lowest BCUT2D eigenvalue weighted by Crippen LogP contribution is -2.13. The lowest BCUT2D eigenvalue weighted by atomic mass is 10.0. The molecule has 0 saturated heterocycles. The normalized spacial score (nSPS) is 10.2. The quantitative estimate of drug-likeness (QED) is 0.420. The van der Waals surface area contributed by atoms with Gasteiger partial charge in [0, 0.05) is 20.4 Å². The number of rotatable bonds is 5. The molecule has 26 heavy (non-hydrogen) atoms. The number of halogens is 1. The summed E-state index contributed by atoms with van der Waals surface area (Å²) < 4.78 is 6.25. The maximum absolute atomic E-state index is 12.4. The van der Waals surface area contributed by atoms with Crippen molar-refractivity contribution in [1.82, 2.24) is 0 Å². The highest BCUT2D eigenvalue weighted by molar-refractivity contribution is 14.1. The first kappa shape index (κ1) is 18.1. The van der Waals surface area contributed by atoms with E-state index in [-0.39, 0.29) is 12.4 Å². The summed E-state index contributed by atoms with van der Waals surface area (Å²) in [7, 11) is 0. The van der Waals surface area contributed by atoms with Crippen LogP contribution in [-0.4, -0.2) is 11.9 Å². The van der Waals surface area contributed by atoms with Crippen LogP contribution in [0.2, 0.25) is 0 Å². The summed E-state index contributed by atoms with van der Waals surface area (Å²) >= 11 is 2.20. The first-order chi connectivity index (χ1) is 12.6. The molecule has 3 aromatic rings. The first-order valence-corrected chi connectivity index (χ1v) is 9.08. The van der Waals surface area contributed by atoms with Crippen LogP contribution < -0.4 is 5.32 Å². The van der Waals surface area contributed by atoms with Crippen molar-refractivity contribution >= 4 is 40.2 Å². The summed E-state index contributed by atoms with van der Waals surface area (Å²) in [6.07, 6.45) is -0.537. The van der Waals surface area contributed by atoms with Gasteiger partial charge in [-0.05, 0) is 76.7 Å². The van der Waals surface area contributed by atoms with E-state index in [2.05, 4.69) is 27.9 Å². The molecule has 0 aliphatic rings. The number of anilines is 1. The Balaban J connectivity index is 1.58. The van der Waals surface area contributed by atoms with E-state index in [1.165, 1.54) is 0 Å². The van der Waals surface area contributed by atoms with Gasteiger partial charge in [-0.2, -0.15) is 0 Å². The molecule has 0 atom stereocenters. The molecule has 0 radical (unpaired) electrons. The largest absolute Gasteiger partial charge is 0.444 e. The average molecular weight is 457 g/mol. The molecule has 0 unspecified atom stereocenters. The molecular formula is C21H16INO3. The fraction of sp³-hybridized carbons (Fsp3) is 0.0476. The summed E-state index contributed by atoms with van der Waals surface area (Å²) in [6.45, 7) is 0.204. The highest BCUT2D eigenvalue weighted by Crippen LogP contribution is 2.15. The van der Waals surface area contributed by atoms with Gasteiger partial charge in [-0.15, -0.1) is 0 Å². The molecule has 1 amide bonds. The van der Waals surface area contributed by atoms with Gasteiger partial charge in [0.05, 0.1) is 0 Å². The predicted octanol–water partition coefficient (Wildman–Crippen LogP) is 5.27. The summed E-state index contributed by atoms with van der Waals surface area (Å²) in [5.74, 6) is -0.0559. The Kier molecular flexibility index (Phi) is 6.01. The molecule has 0 aliphatic carbocycles. The number of ether oxygens (including phenoxy) is 1. The van der Waals surface area contributed by atoms with Crippen LogP contribution in [0, 0.1) is 3.57 Å². The Labute approximate surface area is 165 Å². The third kappa shape index (κ3) is 4.92. The van der Waals surface area contributed by atoms with Gasteiger partial charge in [0.1, 0.15) is 6.61 Å². The molecule has 3 aromatic carbocycles. The second kappa shape index (κ2) is 8.62. The van der Waals surface area contributed by atoms with E-state index in [0.717, 1.165) is 9.13 Å². The molecule has 0 spiro atoms. The van der Waals surface area contributed by atoms with Gasteiger partial charge < -0.3 is 4.74 Å². The highest BCUT2D eigenvalue weighted by atomic mass is 127. The summed E-state index contributed by atoms with van der Waals surface area (Å²) in [5, 5.41) is 2.65. The fourth-order valence-corrected chi connectivity index (χ4v) is 2.71. The minimum Gasteiger partial charge on any atom is -0.444 e. The van der Waals surface area contributed by atoms with E-state index in [0.29, 0.717) is 16.8 Å². The third-order valence-corrected chi connectivity index (χ3v) is 4.43. The Morgan fingerprint density at radius 2 is 1.38 bits per heavy atom. The van der Waals surface area contributed by atoms with Crippen LogP contribution in [0.25, 0.3) is 0 Å². The average Bonchev–Trinajstić information content (AvgIpc) is 2.68. The lowest BCUT2D eigenvalue weighted by Gasteiger charge is -2.08. The third-order valence-electron chi connectivity index (χ3n) is 3.71. The SMILES string of the molecule is O=C(Nc1ccc(C(=O)c2ccc(I)cc2)cc1)OCc1ccccc1. The maximum Gasteiger partial charge on any atom is 0.411 e. The zero-order valence-electron chi connectivity index (χ0n) is 13.8. The van der Waals surface area contributed by atoms with Crippen molar-refractivity contribution in [3.05, 3.63) is 99.1 Å². The zero-order chi connectivity index (χ0) is 18.4. The molecule has 130 valence electrons. The summed E-state index contributed by atoms with van der Waals surface area (Å²) in [5.41, 5.74) is 2.69. The van der Waals surface area contributed by atoms with Crippen molar-refractivity contribution in [1.29, 1.82) is 0 Å². The topological polar surface area (TPSA) is 55.4 Å². The van der Waals surface area contributed by atoms with Crippen molar-refractivity contribution in [3.63, 3.8) is 0 Å². The van der Waals surface area contributed by atoms with E-state index in [1.54, 1.807) is 36.4 Å². The molecule has 0 bridgehead atoms. The van der Waals surface area contributed by atoms with Crippen LogP contribution in [0.4, 0.5) is 10.5 Å². The van der Waals surface area contributed by atoms with Crippen LogP contribution >= 0.6 is 22.6 Å². The number of carbonyl (C=O) groups is 2. The van der Waals surface area contributed by atoms with Gasteiger partial charge in [-0.25, -0.2) is 4.79 Å². The molecule has 0 fully saturated rings. The van der Waals surface area contributed by atoms with E-state index in [9.17, 15) is 9.59 Å². The lowest BCUT2D eigenvalue weighted by molar-refractivity contribution is 0.103. The standard InChI is InChI=1S/C21H16INO3/c22-18-10-6-16(7-11-18)20(24)17-8-12-19(13-9-17)23-21(25)26-14-15-4-2-1-3-5-15/h1-13H,14H2,(H,23,25). The van der Waals surface area contributed by atoms with Gasteiger partial charge in [0.2, 0.25) is 0 Å². The van der Waals surface area contributed by atoms with Gasteiger partial charge >= 0.3 is 6.09 Å². The molecule has 0 heterocycles. The number of amides is 1. The van der Waals surface area contributed by atoms with Crippen molar-refractivity contribution in [3.8, 4) is 0 Å². The summed E-state index contributed by atoms with van der Waals surface area (Å²) in [6, 6.07) is 23.6. The smallest absolute Gasteiger partial charge is 0.411 e. The number of hydrogen-bond donors (Lipinski definition) is 1. The highest BCUT2D eigenvalue weighted by Gasteiger charge is 2.10. The summed E-state index contributed by atoms with van der Waals surface area (Å²) in [4.78, 5) is 24.3. The van der Waals surface area contributed by atoms with Gasteiger partial charge in [-0.1, -0.05) is 30.3 Å². The van der Waals surface area contributed by atoms with Crippen LogP contribution in [0.3, 0.4) is 0 Å². The van der Waals surface area contributed by atoms with Crippen molar-refractivity contribution in [2.45, 2.75) is 6.61 Å². The number of hydrogen-bond acceptors (Lipinski definition) is 3. The number of nitrogens with one attached hydrogen (secondary N) is 1. The molecule has 4 nitrogen and oxygen atoms in total. The van der Waals surface area contributed by atoms with Gasteiger partial charge in [-0.3, -0.25) is 10.1 Å². The molecule has 0 aromatic heterocycles. The maximum atomic E-state index is 12.4. The predicted molar refractivity (Wildman–Crippen MR) is 109 cm³/mol. The Bertz CT molecular complexity index is 891. The number of benzene rings is 3. The molecular weight excluding hydrogens is 441 g/mol. The minimum absolute atomic E-state index is 0.0559. The second-order valence-corrected chi connectivity index (χ2v) is 6.85. The molecule has 5 heteroatoms. The zero-order valence-corrected chi connectivity index (χ0v) is 16.0. The van der Waals surface area contributed by atoms with Crippen LogP contribution in [-0.2, 0) is 11.3 Å². The molecule has 3 rings (SSSR count). The van der Waals surface area contributed by atoms with E-state index < -0.39 is 6.09 Å². The molecule has 0 aliphatic heterocycles. The Morgan fingerprint density at radius 1 is 0.808 bits per heavy atom. The van der Waals surface area contributed by atoms with Crippen LogP contribution in [0.1, 0.15) is 21.5 Å². The molecule has 0 saturated carbocycles. The van der Waals surface area contributed by atoms with E-state index in [1.807, 2.05) is 42.5 Å². The number of carbonyl (C=O) groups excluding carboxylic acids is 2. The van der Waals surface area contributed by atoms with Crippen molar-refractivity contribution < 1.29 is 14.3 Å². The van der Waals surface area contributed by atoms with Crippen molar-refractivity contribution in [2.24, 2.45) is 0 Å².